The lowest BCUT2D eigenvalue weighted by Gasteiger charge is -2.18. The van der Waals surface area contributed by atoms with Gasteiger partial charge in [-0.15, -0.1) is 0 Å². The average Bonchev–Trinajstić information content (AvgIpc) is 3.33. The standard InChI is InChI=1S/C61H88O6/c1-4-7-10-13-16-19-22-25-28-29-30-31-34-36-39-42-45-48-51-54-60(63)66-57-58(67-61(64)55-52-49-46-43-40-37-33-27-24-21-18-15-12-9-6-3)56-65-59(62)53-50-47-44-41-38-35-32-26-23-20-17-14-11-8-5-2/h7-12,16-21,25-28,30-33,36,38-41,43,45,48-49,52,58H,4-6,13-15,22-24,29,34-35,37,42,44,46-47,50-51,53-57H2,1-3H3/b10-7-,11-8-,12-9-,19-16-,20-17-,21-18-,28-25-,31-30-,32-26-,33-27-,39-36-,41-38-,43-40-,48-45-,52-49-. The molecule has 0 aliphatic heterocycles. The number of allylic oxidation sites excluding steroid dienone is 29. The van der Waals surface area contributed by atoms with Gasteiger partial charge >= 0.3 is 17.9 Å². The van der Waals surface area contributed by atoms with Crippen molar-refractivity contribution >= 4 is 17.9 Å². The highest BCUT2D eigenvalue weighted by molar-refractivity contribution is 5.72. The van der Waals surface area contributed by atoms with E-state index < -0.39 is 18.0 Å². The van der Waals surface area contributed by atoms with Crippen molar-refractivity contribution in [1.82, 2.24) is 0 Å². The van der Waals surface area contributed by atoms with Crippen LogP contribution in [0.2, 0.25) is 0 Å². The van der Waals surface area contributed by atoms with E-state index in [1.165, 1.54) is 0 Å². The van der Waals surface area contributed by atoms with Gasteiger partial charge in [0, 0.05) is 12.8 Å². The van der Waals surface area contributed by atoms with E-state index in [9.17, 15) is 14.4 Å². The minimum Gasteiger partial charge on any atom is -0.462 e. The molecule has 0 aromatic heterocycles. The highest BCUT2D eigenvalue weighted by atomic mass is 16.6. The third-order valence-corrected chi connectivity index (χ3v) is 9.43. The summed E-state index contributed by atoms with van der Waals surface area (Å²) in [5.41, 5.74) is 0. The Hall–Kier alpha value is -5.49. The quantitative estimate of drug-likeness (QED) is 0.0263. The van der Waals surface area contributed by atoms with Gasteiger partial charge in [-0.2, -0.15) is 0 Å². The Labute approximate surface area is 408 Å². The van der Waals surface area contributed by atoms with Crippen LogP contribution in [0, 0.1) is 0 Å². The SMILES string of the molecule is CC/C=C\C/C=C\C/C=C\C/C=C\C/C=C\C/C=C\CCC(=O)OCC(COC(=O)CCCC/C=C\C/C=C\C/C=C\C/C=C\CC)OC(=O)C/C=C\C/C=C\C/C=C\C/C=C\C/C=C\CC. The van der Waals surface area contributed by atoms with Crippen LogP contribution in [0.5, 0.6) is 0 Å². The molecular formula is C61H88O6. The summed E-state index contributed by atoms with van der Waals surface area (Å²) in [4.78, 5) is 37.9. The maximum absolute atomic E-state index is 12.7. The van der Waals surface area contributed by atoms with Gasteiger partial charge in [0.25, 0.3) is 0 Å². The fourth-order valence-electron chi connectivity index (χ4n) is 5.77. The lowest BCUT2D eigenvalue weighted by Crippen LogP contribution is -2.30. The van der Waals surface area contributed by atoms with E-state index in [1.807, 2.05) is 18.2 Å². The zero-order valence-electron chi connectivity index (χ0n) is 41.8. The van der Waals surface area contributed by atoms with Crippen molar-refractivity contribution in [2.75, 3.05) is 13.2 Å². The van der Waals surface area contributed by atoms with Crippen molar-refractivity contribution in [3.8, 4) is 0 Å². The molecule has 0 aromatic rings. The summed E-state index contributed by atoms with van der Waals surface area (Å²) in [7, 11) is 0. The van der Waals surface area contributed by atoms with E-state index >= 15 is 0 Å². The Balaban J connectivity index is 4.73. The molecule has 1 atom stereocenters. The number of rotatable bonds is 42. The Morgan fingerprint density at radius 2 is 0.597 bits per heavy atom. The largest absolute Gasteiger partial charge is 0.462 e. The maximum atomic E-state index is 12.7. The molecule has 0 heterocycles. The van der Waals surface area contributed by atoms with Crippen molar-refractivity contribution < 1.29 is 28.6 Å². The summed E-state index contributed by atoms with van der Waals surface area (Å²) in [6.07, 6.45) is 80.6. The number of hydrogen-bond donors (Lipinski definition) is 0. The summed E-state index contributed by atoms with van der Waals surface area (Å²) < 4.78 is 16.6. The zero-order valence-corrected chi connectivity index (χ0v) is 41.8. The molecule has 6 heteroatoms. The van der Waals surface area contributed by atoms with Gasteiger partial charge in [0.05, 0.1) is 6.42 Å². The van der Waals surface area contributed by atoms with Crippen molar-refractivity contribution in [1.29, 1.82) is 0 Å². The van der Waals surface area contributed by atoms with Crippen LogP contribution < -0.4 is 0 Å². The molecule has 0 amide bonds. The monoisotopic (exact) mass is 917 g/mol. The lowest BCUT2D eigenvalue weighted by molar-refractivity contribution is -0.166. The van der Waals surface area contributed by atoms with E-state index in [-0.39, 0.29) is 38.4 Å². The van der Waals surface area contributed by atoms with Crippen LogP contribution in [-0.4, -0.2) is 37.2 Å². The third-order valence-electron chi connectivity index (χ3n) is 9.43. The van der Waals surface area contributed by atoms with Crippen LogP contribution in [0.4, 0.5) is 0 Å². The van der Waals surface area contributed by atoms with Crippen molar-refractivity contribution in [3.05, 3.63) is 182 Å². The normalized spacial score (nSPS) is 13.7. The van der Waals surface area contributed by atoms with Gasteiger partial charge in [-0.3, -0.25) is 14.4 Å². The molecule has 1 unspecified atom stereocenters. The second-order valence-electron chi connectivity index (χ2n) is 15.6. The molecular weight excluding hydrogens is 829 g/mol. The number of carbonyl (C=O) groups excluding carboxylic acids is 3. The highest BCUT2D eigenvalue weighted by Gasteiger charge is 2.19. The van der Waals surface area contributed by atoms with E-state index in [2.05, 4.69) is 179 Å². The molecule has 0 fully saturated rings. The van der Waals surface area contributed by atoms with Gasteiger partial charge in [-0.25, -0.2) is 0 Å². The molecule has 67 heavy (non-hydrogen) atoms. The summed E-state index contributed by atoms with van der Waals surface area (Å²) in [5.74, 6) is -1.25. The Kier molecular flexibility index (Phi) is 48.8. The van der Waals surface area contributed by atoms with Gasteiger partial charge in [-0.1, -0.05) is 203 Å². The number of ether oxygens (including phenoxy) is 3. The Morgan fingerprint density at radius 3 is 0.940 bits per heavy atom. The molecule has 0 saturated heterocycles. The van der Waals surface area contributed by atoms with E-state index in [1.54, 1.807) is 6.08 Å². The molecule has 0 aliphatic carbocycles. The van der Waals surface area contributed by atoms with Crippen molar-refractivity contribution in [2.24, 2.45) is 0 Å². The predicted molar refractivity (Wildman–Crippen MR) is 287 cm³/mol. The van der Waals surface area contributed by atoms with Gasteiger partial charge < -0.3 is 14.2 Å². The van der Waals surface area contributed by atoms with Gasteiger partial charge in [0.15, 0.2) is 6.10 Å². The first-order valence-corrected chi connectivity index (χ1v) is 25.3. The topological polar surface area (TPSA) is 78.9 Å². The zero-order chi connectivity index (χ0) is 48.6. The first-order chi connectivity index (χ1) is 33.0. The molecule has 0 aliphatic rings. The van der Waals surface area contributed by atoms with Gasteiger partial charge in [0.2, 0.25) is 0 Å². The molecule has 368 valence electrons. The second-order valence-corrected chi connectivity index (χ2v) is 15.6. The molecule has 0 spiro atoms. The minimum atomic E-state index is -0.890. The fourth-order valence-corrected chi connectivity index (χ4v) is 5.77. The number of esters is 3. The summed E-state index contributed by atoms with van der Waals surface area (Å²) in [5, 5.41) is 0. The first-order valence-electron chi connectivity index (χ1n) is 25.3. The third kappa shape index (κ3) is 51.4. The minimum absolute atomic E-state index is 0.0614. The number of carbonyl (C=O) groups is 3. The van der Waals surface area contributed by atoms with Crippen LogP contribution in [-0.2, 0) is 28.6 Å². The van der Waals surface area contributed by atoms with Crippen LogP contribution >= 0.6 is 0 Å². The van der Waals surface area contributed by atoms with E-state index in [0.717, 1.165) is 103 Å². The molecule has 0 saturated carbocycles. The molecule has 0 aromatic carbocycles. The fraction of sp³-hybridized carbons (Fsp3) is 0.459. The smallest absolute Gasteiger partial charge is 0.310 e. The van der Waals surface area contributed by atoms with Crippen LogP contribution in [0.1, 0.15) is 162 Å². The summed E-state index contributed by atoms with van der Waals surface area (Å²) in [6.45, 7) is 6.06. The predicted octanol–water partition coefficient (Wildman–Crippen LogP) is 17.0. The van der Waals surface area contributed by atoms with Gasteiger partial charge in [-0.05, 0) is 122 Å². The maximum Gasteiger partial charge on any atom is 0.310 e. The van der Waals surface area contributed by atoms with Crippen molar-refractivity contribution in [3.63, 3.8) is 0 Å². The first kappa shape index (κ1) is 61.5. The summed E-state index contributed by atoms with van der Waals surface area (Å²) in [6, 6.07) is 0. The summed E-state index contributed by atoms with van der Waals surface area (Å²) >= 11 is 0. The lowest BCUT2D eigenvalue weighted by atomic mass is 10.2. The molecule has 0 rings (SSSR count). The van der Waals surface area contributed by atoms with Crippen LogP contribution in [0.25, 0.3) is 0 Å². The highest BCUT2D eigenvalue weighted by Crippen LogP contribution is 2.08. The molecule has 6 nitrogen and oxygen atoms in total. The second kappa shape index (κ2) is 53.1. The van der Waals surface area contributed by atoms with Crippen molar-refractivity contribution in [2.45, 2.75) is 168 Å². The van der Waals surface area contributed by atoms with Crippen LogP contribution in [0.3, 0.4) is 0 Å². The molecule has 0 radical (unpaired) electrons. The molecule has 0 bridgehead atoms. The van der Waals surface area contributed by atoms with Gasteiger partial charge in [0.1, 0.15) is 13.2 Å². The number of hydrogen-bond acceptors (Lipinski definition) is 6. The number of unbranched alkanes of at least 4 members (excludes halogenated alkanes) is 2. The van der Waals surface area contributed by atoms with Crippen LogP contribution in [0.15, 0.2) is 182 Å². The van der Waals surface area contributed by atoms with E-state index in [4.69, 9.17) is 14.2 Å². The van der Waals surface area contributed by atoms with E-state index in [0.29, 0.717) is 19.3 Å². The average molecular weight is 917 g/mol. The molecule has 0 N–H and O–H groups in total. The Morgan fingerprint density at radius 1 is 0.313 bits per heavy atom. The Bertz CT molecular complexity index is 1670.